The lowest BCUT2D eigenvalue weighted by Crippen LogP contribution is -1.77. The predicted octanol–water partition coefficient (Wildman–Crippen LogP) is 4.94. The summed E-state index contributed by atoms with van der Waals surface area (Å²) in [7, 11) is 0. The number of furan rings is 1. The Morgan fingerprint density at radius 3 is 2.50 bits per heavy atom. The zero-order valence-corrected chi connectivity index (χ0v) is 9.91. The van der Waals surface area contributed by atoms with Crippen LogP contribution in [0.25, 0.3) is 32.7 Å². The van der Waals surface area contributed by atoms with Gasteiger partial charge in [0.15, 0.2) is 0 Å². The van der Waals surface area contributed by atoms with Crippen LogP contribution >= 0.6 is 15.9 Å². The molecule has 1 aromatic heterocycles. The third kappa shape index (κ3) is 0.908. The summed E-state index contributed by atoms with van der Waals surface area (Å²) in [5.41, 5.74) is 1.93. The molecule has 0 saturated carbocycles. The molecule has 0 atom stereocenters. The average Bonchev–Trinajstić information content (AvgIpc) is 2.67. The molecular weight excluding hydrogens is 264 g/mol. The lowest BCUT2D eigenvalue weighted by molar-refractivity contribution is 0.669. The minimum Gasteiger partial charge on any atom is -0.456 e. The van der Waals surface area contributed by atoms with Crippen LogP contribution in [0.15, 0.2) is 51.4 Å². The van der Waals surface area contributed by atoms with Crippen LogP contribution in [0, 0.1) is 0 Å². The Hall–Kier alpha value is -1.54. The summed E-state index contributed by atoms with van der Waals surface area (Å²) >= 11 is 3.62. The van der Waals surface area contributed by atoms with Gasteiger partial charge in [0, 0.05) is 20.6 Å². The molecule has 0 unspecified atom stereocenters. The minimum atomic E-state index is 0.963. The van der Waals surface area contributed by atoms with E-state index in [9.17, 15) is 0 Å². The molecular formula is C14H7BrO. The van der Waals surface area contributed by atoms with Crippen LogP contribution in [0.5, 0.6) is 0 Å². The maximum Gasteiger partial charge on any atom is 0.136 e. The molecule has 76 valence electrons. The van der Waals surface area contributed by atoms with Gasteiger partial charge in [-0.2, -0.15) is 0 Å². The molecule has 0 aliphatic carbocycles. The molecule has 16 heavy (non-hydrogen) atoms. The summed E-state index contributed by atoms with van der Waals surface area (Å²) in [5.74, 6) is 0. The van der Waals surface area contributed by atoms with Crippen molar-refractivity contribution in [3.05, 3.63) is 46.9 Å². The van der Waals surface area contributed by atoms with Gasteiger partial charge in [-0.15, -0.1) is 0 Å². The topological polar surface area (TPSA) is 13.1 Å². The fraction of sp³-hybridized carbons (Fsp3) is 0. The zero-order chi connectivity index (χ0) is 10.7. The molecule has 0 aliphatic heterocycles. The van der Waals surface area contributed by atoms with E-state index in [4.69, 9.17) is 4.42 Å². The summed E-state index contributed by atoms with van der Waals surface area (Å²) in [6.45, 7) is 0. The van der Waals surface area contributed by atoms with Gasteiger partial charge >= 0.3 is 0 Å². The lowest BCUT2D eigenvalue weighted by Gasteiger charge is -2.02. The van der Waals surface area contributed by atoms with Crippen LogP contribution < -0.4 is 0 Å². The highest BCUT2D eigenvalue weighted by atomic mass is 79.9. The first-order chi connectivity index (χ1) is 7.84. The van der Waals surface area contributed by atoms with Crippen molar-refractivity contribution in [3.8, 4) is 0 Å². The van der Waals surface area contributed by atoms with E-state index in [-0.39, 0.29) is 0 Å². The predicted molar refractivity (Wildman–Crippen MR) is 70.1 cm³/mol. The van der Waals surface area contributed by atoms with Crippen LogP contribution in [0.3, 0.4) is 0 Å². The van der Waals surface area contributed by atoms with E-state index in [1.807, 2.05) is 24.3 Å². The van der Waals surface area contributed by atoms with Gasteiger partial charge in [0.25, 0.3) is 0 Å². The molecule has 0 fully saturated rings. The summed E-state index contributed by atoms with van der Waals surface area (Å²) in [5, 5.41) is 4.90. The van der Waals surface area contributed by atoms with E-state index in [0.29, 0.717) is 0 Å². The lowest BCUT2D eigenvalue weighted by atomic mass is 10.0. The maximum atomic E-state index is 5.85. The van der Waals surface area contributed by atoms with Gasteiger partial charge in [-0.3, -0.25) is 0 Å². The number of halogens is 1. The number of hydrogen-bond donors (Lipinski definition) is 0. The van der Waals surface area contributed by atoms with Crippen molar-refractivity contribution in [2.75, 3.05) is 0 Å². The smallest absolute Gasteiger partial charge is 0.136 e. The van der Waals surface area contributed by atoms with Crippen LogP contribution in [0.4, 0.5) is 0 Å². The normalized spacial score (nSPS) is 12.1. The van der Waals surface area contributed by atoms with Crippen molar-refractivity contribution in [2.45, 2.75) is 0 Å². The van der Waals surface area contributed by atoms with Crippen molar-refractivity contribution in [3.63, 3.8) is 0 Å². The Morgan fingerprint density at radius 1 is 0.875 bits per heavy atom. The third-order valence-corrected chi connectivity index (χ3v) is 3.75. The van der Waals surface area contributed by atoms with Gasteiger partial charge < -0.3 is 4.42 Å². The highest BCUT2D eigenvalue weighted by molar-refractivity contribution is 9.10. The number of benzene rings is 3. The van der Waals surface area contributed by atoms with E-state index in [1.54, 1.807) is 0 Å². The second-order valence-corrected chi connectivity index (χ2v) is 4.85. The van der Waals surface area contributed by atoms with Crippen molar-refractivity contribution < 1.29 is 4.42 Å². The fourth-order valence-electron chi connectivity index (χ4n) is 2.43. The second-order valence-electron chi connectivity index (χ2n) is 3.99. The van der Waals surface area contributed by atoms with E-state index < -0.39 is 0 Å². The first kappa shape index (κ1) is 8.59. The van der Waals surface area contributed by atoms with Gasteiger partial charge in [0.2, 0.25) is 0 Å². The van der Waals surface area contributed by atoms with E-state index >= 15 is 0 Å². The summed E-state index contributed by atoms with van der Waals surface area (Å²) in [4.78, 5) is 0. The Morgan fingerprint density at radius 2 is 1.62 bits per heavy atom. The molecule has 0 bridgehead atoms. The standard InChI is InChI=1S/C14H7BrO/c15-10-7-8-3-1-5-11-13(8)14-9(10)4-2-6-12(14)16-11/h1-7H. The van der Waals surface area contributed by atoms with Crippen molar-refractivity contribution in [2.24, 2.45) is 0 Å². The van der Waals surface area contributed by atoms with Crippen LogP contribution in [-0.4, -0.2) is 0 Å². The Bertz CT molecular complexity index is 813. The fourth-order valence-corrected chi connectivity index (χ4v) is 3.00. The molecule has 0 radical (unpaired) electrons. The largest absolute Gasteiger partial charge is 0.456 e. The second kappa shape index (κ2) is 2.77. The van der Waals surface area contributed by atoms with Crippen molar-refractivity contribution in [1.29, 1.82) is 0 Å². The molecule has 1 heterocycles. The summed E-state index contributed by atoms with van der Waals surface area (Å²) < 4.78 is 6.97. The molecule has 4 aromatic rings. The number of hydrogen-bond acceptors (Lipinski definition) is 1. The SMILES string of the molecule is Brc1cc2cccc3oc4cccc1c4c23. The third-order valence-electron chi connectivity index (χ3n) is 3.09. The van der Waals surface area contributed by atoms with Gasteiger partial charge in [-0.05, 0) is 23.6 Å². The molecule has 0 saturated heterocycles. The Kier molecular flexibility index (Phi) is 1.49. The molecule has 0 amide bonds. The van der Waals surface area contributed by atoms with Crippen molar-refractivity contribution >= 4 is 48.6 Å². The Balaban J connectivity index is 2.53. The highest BCUT2D eigenvalue weighted by Crippen LogP contribution is 2.39. The molecule has 3 aromatic carbocycles. The quantitative estimate of drug-likeness (QED) is 0.413. The maximum absolute atomic E-state index is 5.85. The van der Waals surface area contributed by atoms with Crippen LogP contribution in [0.1, 0.15) is 0 Å². The molecule has 2 heteroatoms. The number of rotatable bonds is 0. The van der Waals surface area contributed by atoms with Gasteiger partial charge in [-0.1, -0.05) is 40.2 Å². The summed E-state index contributed by atoms with van der Waals surface area (Å²) in [6.07, 6.45) is 0. The monoisotopic (exact) mass is 270 g/mol. The summed E-state index contributed by atoms with van der Waals surface area (Å²) in [6, 6.07) is 14.5. The Labute approximate surface area is 100 Å². The van der Waals surface area contributed by atoms with Crippen LogP contribution in [0.2, 0.25) is 0 Å². The van der Waals surface area contributed by atoms with E-state index in [0.717, 1.165) is 15.6 Å². The molecule has 0 aliphatic rings. The zero-order valence-electron chi connectivity index (χ0n) is 8.33. The van der Waals surface area contributed by atoms with Crippen LogP contribution in [-0.2, 0) is 0 Å². The van der Waals surface area contributed by atoms with Crippen molar-refractivity contribution in [1.82, 2.24) is 0 Å². The van der Waals surface area contributed by atoms with Gasteiger partial charge in [0.1, 0.15) is 11.2 Å². The average molecular weight is 271 g/mol. The molecule has 1 nitrogen and oxygen atoms in total. The molecule has 0 N–H and O–H groups in total. The molecule has 0 spiro atoms. The first-order valence-corrected chi connectivity index (χ1v) is 5.96. The van der Waals surface area contributed by atoms with E-state index in [1.165, 1.54) is 21.5 Å². The minimum absolute atomic E-state index is 0.963. The van der Waals surface area contributed by atoms with Gasteiger partial charge in [-0.25, -0.2) is 0 Å². The highest BCUT2D eigenvalue weighted by Gasteiger charge is 2.13. The molecule has 4 rings (SSSR count). The van der Waals surface area contributed by atoms with Gasteiger partial charge in [0.05, 0.1) is 0 Å². The van der Waals surface area contributed by atoms with E-state index in [2.05, 4.69) is 34.1 Å². The first-order valence-electron chi connectivity index (χ1n) is 5.16.